The fourth-order valence-electron chi connectivity index (χ4n) is 0.835. The maximum absolute atomic E-state index is 12.6. The average Bonchev–Trinajstić information content (AvgIpc) is 2.01. The summed E-state index contributed by atoms with van der Waals surface area (Å²) in [5.74, 6) is -1.15. The molecule has 3 heteroatoms. The minimum atomic E-state index is -0.577. The van der Waals surface area contributed by atoms with Crippen LogP contribution < -0.4 is 0 Å². The second-order valence-electron chi connectivity index (χ2n) is 2.40. The highest BCUT2D eigenvalue weighted by Gasteiger charge is 2.02. The molecule has 0 unspecified atom stereocenters. The van der Waals surface area contributed by atoms with Crippen LogP contribution in [0.5, 0.6) is 0 Å². The van der Waals surface area contributed by atoms with Gasteiger partial charge in [-0.1, -0.05) is 22.5 Å². The highest BCUT2D eigenvalue weighted by atomic mass is 79.9. The number of benzene rings is 1. The van der Waals surface area contributed by atoms with Gasteiger partial charge in [0.25, 0.3) is 0 Å². The number of alkyl halides is 1. The lowest BCUT2D eigenvalue weighted by Gasteiger charge is -2.01. The van der Waals surface area contributed by atoms with Crippen molar-refractivity contribution in [2.24, 2.45) is 0 Å². The molecule has 0 radical (unpaired) electrons. The van der Waals surface area contributed by atoms with Gasteiger partial charge < -0.3 is 0 Å². The van der Waals surface area contributed by atoms with E-state index in [4.69, 9.17) is 0 Å². The van der Waals surface area contributed by atoms with Crippen molar-refractivity contribution in [2.45, 2.75) is 0 Å². The normalized spacial score (nSPS) is 9.92. The molecule has 0 aliphatic carbocycles. The third-order valence-corrected chi connectivity index (χ3v) is 2.11. The number of hydrogen-bond donors (Lipinski definition) is 0. The second kappa shape index (κ2) is 3.81. The molecule has 0 atom stereocenters. The number of rotatable bonds is 2. The largest absolute Gasteiger partial charge is 0.207 e. The topological polar surface area (TPSA) is 0 Å². The lowest BCUT2D eigenvalue weighted by atomic mass is 10.1. The monoisotopic (exact) mass is 232 g/mol. The lowest BCUT2D eigenvalue weighted by molar-refractivity contribution is 0.582. The smallest absolute Gasteiger partial charge is 0.126 e. The molecule has 0 aliphatic heterocycles. The Labute approximate surface area is 78.0 Å². The molecule has 0 aromatic heterocycles. The van der Waals surface area contributed by atoms with Crippen molar-refractivity contribution in [1.29, 1.82) is 0 Å². The predicted molar refractivity (Wildman–Crippen MR) is 49.2 cm³/mol. The zero-order valence-electron chi connectivity index (χ0n) is 6.28. The summed E-state index contributed by atoms with van der Waals surface area (Å²) in [7, 11) is 0. The SMILES string of the molecule is C=C(CBr)c1cc(F)cc(F)c1. The molecule has 0 fully saturated rings. The van der Waals surface area contributed by atoms with Crippen molar-refractivity contribution in [1.82, 2.24) is 0 Å². The summed E-state index contributed by atoms with van der Waals surface area (Å²) in [6.45, 7) is 3.65. The van der Waals surface area contributed by atoms with Crippen LogP contribution in [0.3, 0.4) is 0 Å². The third-order valence-electron chi connectivity index (χ3n) is 1.43. The predicted octanol–water partition coefficient (Wildman–Crippen LogP) is 3.37. The van der Waals surface area contributed by atoms with Gasteiger partial charge in [-0.25, -0.2) is 8.78 Å². The van der Waals surface area contributed by atoms with Crippen LogP contribution in [0.15, 0.2) is 24.8 Å². The van der Waals surface area contributed by atoms with Crippen LogP contribution in [-0.4, -0.2) is 5.33 Å². The second-order valence-corrected chi connectivity index (χ2v) is 2.96. The summed E-state index contributed by atoms with van der Waals surface area (Å²) in [5.41, 5.74) is 1.15. The molecule has 0 N–H and O–H groups in total. The van der Waals surface area contributed by atoms with Gasteiger partial charge >= 0.3 is 0 Å². The van der Waals surface area contributed by atoms with Gasteiger partial charge in [0, 0.05) is 11.4 Å². The molecule has 1 aromatic carbocycles. The van der Waals surface area contributed by atoms with E-state index in [1.807, 2.05) is 0 Å². The fraction of sp³-hybridized carbons (Fsp3) is 0.111. The van der Waals surface area contributed by atoms with Crippen LogP contribution in [0.4, 0.5) is 8.78 Å². The first kappa shape index (κ1) is 9.39. The van der Waals surface area contributed by atoms with E-state index in [2.05, 4.69) is 22.5 Å². The van der Waals surface area contributed by atoms with Crippen molar-refractivity contribution >= 4 is 21.5 Å². The molecule has 0 saturated heterocycles. The lowest BCUT2D eigenvalue weighted by Crippen LogP contribution is -1.87. The van der Waals surface area contributed by atoms with Crippen molar-refractivity contribution in [3.8, 4) is 0 Å². The Morgan fingerprint density at radius 2 is 1.75 bits per heavy atom. The minimum Gasteiger partial charge on any atom is -0.207 e. The first-order valence-corrected chi connectivity index (χ1v) is 4.46. The Bertz CT molecular complexity index is 287. The van der Waals surface area contributed by atoms with E-state index in [1.165, 1.54) is 12.1 Å². The molecule has 0 amide bonds. The first-order valence-electron chi connectivity index (χ1n) is 3.33. The van der Waals surface area contributed by atoms with E-state index in [-0.39, 0.29) is 0 Å². The van der Waals surface area contributed by atoms with Crippen molar-refractivity contribution in [3.63, 3.8) is 0 Å². The van der Waals surface area contributed by atoms with Crippen molar-refractivity contribution < 1.29 is 8.78 Å². The zero-order chi connectivity index (χ0) is 9.14. The molecular weight excluding hydrogens is 226 g/mol. The molecule has 0 spiro atoms. The molecular formula is C9H7BrF2. The Kier molecular flexibility index (Phi) is 2.98. The van der Waals surface area contributed by atoms with Crippen LogP contribution in [-0.2, 0) is 0 Å². The van der Waals surface area contributed by atoms with Crippen LogP contribution in [0, 0.1) is 11.6 Å². The Hall–Kier alpha value is -0.700. The molecule has 1 rings (SSSR count). The Morgan fingerprint density at radius 1 is 1.25 bits per heavy atom. The van der Waals surface area contributed by atoms with Crippen LogP contribution in [0.25, 0.3) is 5.57 Å². The molecule has 0 aliphatic rings. The number of halogens is 3. The van der Waals surface area contributed by atoms with E-state index in [9.17, 15) is 8.78 Å². The molecule has 12 heavy (non-hydrogen) atoms. The molecule has 1 aromatic rings. The van der Waals surface area contributed by atoms with Gasteiger partial charge in [-0.3, -0.25) is 0 Å². The number of hydrogen-bond acceptors (Lipinski definition) is 0. The van der Waals surface area contributed by atoms with Crippen molar-refractivity contribution in [2.75, 3.05) is 5.33 Å². The summed E-state index contributed by atoms with van der Waals surface area (Å²) in [5, 5.41) is 0.510. The zero-order valence-corrected chi connectivity index (χ0v) is 7.87. The van der Waals surface area contributed by atoms with Crippen LogP contribution >= 0.6 is 15.9 Å². The summed E-state index contributed by atoms with van der Waals surface area (Å²) in [6.07, 6.45) is 0. The van der Waals surface area contributed by atoms with Crippen molar-refractivity contribution in [3.05, 3.63) is 42.0 Å². The van der Waals surface area contributed by atoms with Gasteiger partial charge in [0.15, 0.2) is 0 Å². The van der Waals surface area contributed by atoms with Gasteiger partial charge in [0.1, 0.15) is 11.6 Å². The summed E-state index contributed by atoms with van der Waals surface area (Å²) < 4.78 is 25.3. The van der Waals surface area contributed by atoms with E-state index in [0.717, 1.165) is 6.07 Å². The van der Waals surface area contributed by atoms with Gasteiger partial charge in [-0.05, 0) is 23.3 Å². The standard InChI is InChI=1S/C9H7BrF2/c1-6(5-10)7-2-8(11)4-9(12)3-7/h2-4H,1,5H2. The average molecular weight is 233 g/mol. The summed E-state index contributed by atoms with van der Waals surface area (Å²) in [6, 6.07) is 3.35. The molecule has 0 saturated carbocycles. The quantitative estimate of drug-likeness (QED) is 0.687. The van der Waals surface area contributed by atoms with Crippen LogP contribution in [0.2, 0.25) is 0 Å². The van der Waals surface area contributed by atoms with Gasteiger partial charge in [-0.15, -0.1) is 0 Å². The molecule has 64 valence electrons. The summed E-state index contributed by atoms with van der Waals surface area (Å²) >= 11 is 3.16. The molecule has 0 bridgehead atoms. The van der Waals surface area contributed by atoms with Gasteiger partial charge in [0.2, 0.25) is 0 Å². The summed E-state index contributed by atoms with van der Waals surface area (Å²) in [4.78, 5) is 0. The molecule has 0 nitrogen and oxygen atoms in total. The van der Waals surface area contributed by atoms with E-state index in [1.54, 1.807) is 0 Å². The first-order chi connectivity index (χ1) is 5.63. The van der Waals surface area contributed by atoms with E-state index < -0.39 is 11.6 Å². The minimum absolute atomic E-state index is 0.490. The Balaban J connectivity index is 3.08. The fourth-order valence-corrected chi connectivity index (χ4v) is 1.16. The highest BCUT2D eigenvalue weighted by Crippen LogP contribution is 2.17. The number of allylic oxidation sites excluding steroid dienone is 1. The maximum atomic E-state index is 12.6. The van der Waals surface area contributed by atoms with E-state index >= 15 is 0 Å². The molecule has 0 heterocycles. The van der Waals surface area contributed by atoms with E-state index in [0.29, 0.717) is 16.5 Å². The maximum Gasteiger partial charge on any atom is 0.126 e. The van der Waals surface area contributed by atoms with Crippen LogP contribution in [0.1, 0.15) is 5.56 Å². The van der Waals surface area contributed by atoms with Gasteiger partial charge in [0.05, 0.1) is 0 Å². The highest BCUT2D eigenvalue weighted by molar-refractivity contribution is 9.09. The third kappa shape index (κ3) is 2.14. The Morgan fingerprint density at radius 3 is 2.17 bits per heavy atom. The van der Waals surface area contributed by atoms with Gasteiger partial charge in [-0.2, -0.15) is 0 Å².